The first kappa shape index (κ1) is 18.7. The Bertz CT molecular complexity index is 1160. The van der Waals surface area contributed by atoms with E-state index < -0.39 is 5.76 Å². The van der Waals surface area contributed by atoms with E-state index in [1.165, 1.54) is 0 Å². The van der Waals surface area contributed by atoms with Gasteiger partial charge in [-0.3, -0.25) is 9.36 Å². The van der Waals surface area contributed by atoms with Crippen LogP contribution in [0.5, 0.6) is 0 Å². The third kappa shape index (κ3) is 4.45. The number of carbonyl (C=O) groups excluding carboxylic acids is 1. The summed E-state index contributed by atoms with van der Waals surface area (Å²) in [5, 5.41) is 0. The third-order valence-electron chi connectivity index (χ3n) is 4.52. The number of nitrogens with zero attached hydrogens (tertiary/aromatic N) is 2. The summed E-state index contributed by atoms with van der Waals surface area (Å²) in [7, 11) is 0. The van der Waals surface area contributed by atoms with E-state index in [4.69, 9.17) is 13.6 Å². The Balaban J connectivity index is 1.22. The molecule has 7 heteroatoms. The molecule has 0 saturated heterocycles. The highest BCUT2D eigenvalue weighted by Gasteiger charge is 2.11. The van der Waals surface area contributed by atoms with E-state index in [-0.39, 0.29) is 19.0 Å². The first-order chi connectivity index (χ1) is 14.2. The van der Waals surface area contributed by atoms with Crippen LogP contribution in [0.1, 0.15) is 18.7 Å². The molecule has 0 radical (unpaired) electrons. The van der Waals surface area contributed by atoms with Crippen LogP contribution in [0.4, 0.5) is 0 Å². The molecule has 7 nitrogen and oxygen atoms in total. The fourth-order valence-corrected chi connectivity index (χ4v) is 3.08. The zero-order valence-electron chi connectivity index (χ0n) is 15.7. The average Bonchev–Trinajstić information content (AvgIpc) is 3.34. The van der Waals surface area contributed by atoms with Crippen LogP contribution in [0.25, 0.3) is 22.4 Å². The molecule has 148 valence electrons. The average molecular weight is 392 g/mol. The van der Waals surface area contributed by atoms with Crippen molar-refractivity contribution in [2.75, 3.05) is 6.61 Å². The van der Waals surface area contributed by atoms with Crippen molar-refractivity contribution in [1.82, 2.24) is 9.55 Å². The lowest BCUT2D eigenvalue weighted by Crippen LogP contribution is -2.16. The molecule has 4 aromatic rings. The van der Waals surface area contributed by atoms with Crippen LogP contribution in [-0.2, 0) is 22.5 Å². The minimum absolute atomic E-state index is 0.184. The van der Waals surface area contributed by atoms with Gasteiger partial charge < -0.3 is 13.6 Å². The monoisotopic (exact) mass is 392 g/mol. The molecule has 0 N–H and O–H groups in total. The Labute approximate surface area is 166 Å². The molecule has 0 spiro atoms. The predicted molar refractivity (Wildman–Crippen MR) is 106 cm³/mol. The molecule has 2 aromatic carbocycles. The number of benzene rings is 2. The zero-order valence-corrected chi connectivity index (χ0v) is 15.7. The standard InChI is InChI=1S/C22H20N2O5/c25-21(12-11-20-23-15-19(28-20)16-7-2-1-3-8-16)27-14-6-13-24-17-9-4-5-10-18(17)29-22(24)26/h1-5,7-10,15H,6,11-14H2. The highest BCUT2D eigenvalue weighted by Crippen LogP contribution is 2.20. The lowest BCUT2D eigenvalue weighted by Gasteiger charge is -2.05. The lowest BCUT2D eigenvalue weighted by atomic mass is 10.2. The molecule has 0 atom stereocenters. The van der Waals surface area contributed by atoms with Gasteiger partial charge in [0.05, 0.1) is 24.7 Å². The van der Waals surface area contributed by atoms with Gasteiger partial charge in [-0.2, -0.15) is 0 Å². The van der Waals surface area contributed by atoms with Crippen LogP contribution >= 0.6 is 0 Å². The van der Waals surface area contributed by atoms with E-state index in [1.807, 2.05) is 48.5 Å². The number of ether oxygens (including phenoxy) is 1. The van der Waals surface area contributed by atoms with Gasteiger partial charge in [0, 0.05) is 18.5 Å². The largest absolute Gasteiger partial charge is 0.466 e. The van der Waals surface area contributed by atoms with Crippen molar-refractivity contribution < 1.29 is 18.4 Å². The van der Waals surface area contributed by atoms with Crippen LogP contribution in [0.15, 0.2) is 74.4 Å². The normalized spacial score (nSPS) is 11.0. The van der Waals surface area contributed by atoms with E-state index in [0.717, 1.165) is 11.1 Å². The van der Waals surface area contributed by atoms with Crippen molar-refractivity contribution in [2.45, 2.75) is 25.8 Å². The molecule has 0 bridgehead atoms. The van der Waals surface area contributed by atoms with Crippen LogP contribution in [0.3, 0.4) is 0 Å². The van der Waals surface area contributed by atoms with Gasteiger partial charge in [0.25, 0.3) is 0 Å². The second kappa shape index (κ2) is 8.60. The third-order valence-corrected chi connectivity index (χ3v) is 4.52. The van der Waals surface area contributed by atoms with Gasteiger partial charge in [-0.05, 0) is 18.6 Å². The van der Waals surface area contributed by atoms with E-state index in [0.29, 0.717) is 36.6 Å². The number of para-hydroxylation sites is 2. The van der Waals surface area contributed by atoms with Gasteiger partial charge in [-0.15, -0.1) is 0 Å². The first-order valence-electron chi connectivity index (χ1n) is 9.45. The number of aryl methyl sites for hydroxylation is 2. The Hall–Kier alpha value is -3.61. The summed E-state index contributed by atoms with van der Waals surface area (Å²) in [6.45, 7) is 0.648. The summed E-state index contributed by atoms with van der Waals surface area (Å²) in [6, 6.07) is 16.9. The molecule has 0 aliphatic rings. The molecule has 0 aliphatic carbocycles. The smallest absolute Gasteiger partial charge is 0.419 e. The van der Waals surface area contributed by atoms with Crippen molar-refractivity contribution in [1.29, 1.82) is 0 Å². The van der Waals surface area contributed by atoms with E-state index in [1.54, 1.807) is 16.8 Å². The molecule has 29 heavy (non-hydrogen) atoms. The second-order valence-electron chi connectivity index (χ2n) is 6.55. The van der Waals surface area contributed by atoms with Gasteiger partial charge in [-0.25, -0.2) is 9.78 Å². The summed E-state index contributed by atoms with van der Waals surface area (Å²) in [4.78, 5) is 28.1. The molecule has 0 saturated carbocycles. The van der Waals surface area contributed by atoms with Crippen molar-refractivity contribution in [3.63, 3.8) is 0 Å². The zero-order chi connectivity index (χ0) is 20.1. The Morgan fingerprint density at radius 1 is 1.03 bits per heavy atom. The van der Waals surface area contributed by atoms with E-state index >= 15 is 0 Å². The van der Waals surface area contributed by atoms with Crippen LogP contribution in [0.2, 0.25) is 0 Å². The Morgan fingerprint density at radius 2 is 1.83 bits per heavy atom. The van der Waals surface area contributed by atoms with Gasteiger partial charge >= 0.3 is 11.7 Å². The van der Waals surface area contributed by atoms with Crippen LogP contribution in [0, 0.1) is 0 Å². The molecule has 4 rings (SSSR count). The molecule has 2 aromatic heterocycles. The van der Waals surface area contributed by atoms with Gasteiger partial charge in [0.15, 0.2) is 17.2 Å². The molecule has 0 unspecified atom stereocenters. The maximum atomic E-state index is 12.0. The minimum Gasteiger partial charge on any atom is -0.466 e. The number of hydrogen-bond donors (Lipinski definition) is 0. The highest BCUT2D eigenvalue weighted by molar-refractivity contribution is 5.72. The molecule has 2 heterocycles. The van der Waals surface area contributed by atoms with Crippen molar-refractivity contribution in [3.05, 3.63) is 77.2 Å². The Kier molecular flexibility index (Phi) is 5.56. The number of fused-ring (bicyclic) bond motifs is 1. The van der Waals surface area contributed by atoms with Gasteiger partial charge in [0.1, 0.15) is 0 Å². The Morgan fingerprint density at radius 3 is 2.69 bits per heavy atom. The van der Waals surface area contributed by atoms with Crippen molar-refractivity contribution in [2.24, 2.45) is 0 Å². The molecule has 0 amide bonds. The fourth-order valence-electron chi connectivity index (χ4n) is 3.08. The summed E-state index contributed by atoms with van der Waals surface area (Å²) >= 11 is 0. The minimum atomic E-state index is -0.407. The topological polar surface area (TPSA) is 87.5 Å². The molecule has 0 aliphatic heterocycles. The highest BCUT2D eigenvalue weighted by atomic mass is 16.5. The van der Waals surface area contributed by atoms with Crippen LogP contribution in [-0.4, -0.2) is 22.1 Å². The number of hydrogen-bond acceptors (Lipinski definition) is 6. The SMILES string of the molecule is O=C(CCc1ncc(-c2ccccc2)o1)OCCCn1c(=O)oc2ccccc21. The second-order valence-corrected chi connectivity index (χ2v) is 6.55. The quantitative estimate of drug-likeness (QED) is 0.335. The molecule has 0 fully saturated rings. The van der Waals surface area contributed by atoms with Crippen molar-refractivity contribution in [3.8, 4) is 11.3 Å². The fraction of sp³-hybridized carbons (Fsp3) is 0.227. The predicted octanol–water partition coefficient (Wildman–Crippen LogP) is 3.82. The summed E-state index contributed by atoms with van der Waals surface area (Å²) in [6.07, 6.45) is 2.73. The van der Waals surface area contributed by atoms with Gasteiger partial charge in [-0.1, -0.05) is 42.5 Å². The maximum absolute atomic E-state index is 12.0. The summed E-state index contributed by atoms with van der Waals surface area (Å²) < 4.78 is 17.7. The van der Waals surface area contributed by atoms with E-state index in [2.05, 4.69) is 4.98 Å². The molecular formula is C22H20N2O5. The van der Waals surface area contributed by atoms with Crippen LogP contribution < -0.4 is 5.76 Å². The number of aromatic nitrogens is 2. The summed E-state index contributed by atoms with van der Waals surface area (Å²) in [5.74, 6) is 0.438. The number of rotatable bonds is 8. The first-order valence-corrected chi connectivity index (χ1v) is 9.45. The van der Waals surface area contributed by atoms with Gasteiger partial charge in [0.2, 0.25) is 0 Å². The lowest BCUT2D eigenvalue weighted by molar-refractivity contribution is -0.143. The maximum Gasteiger partial charge on any atom is 0.419 e. The molecular weight excluding hydrogens is 372 g/mol. The van der Waals surface area contributed by atoms with E-state index in [9.17, 15) is 9.59 Å². The number of esters is 1. The number of oxazole rings is 2. The summed E-state index contributed by atoms with van der Waals surface area (Å²) in [5.41, 5.74) is 2.23. The number of carbonyl (C=O) groups is 1. The van der Waals surface area contributed by atoms with Crippen molar-refractivity contribution >= 4 is 17.1 Å².